The first-order valence-electron chi connectivity index (χ1n) is 6.80. The van der Waals surface area contributed by atoms with Gasteiger partial charge in [-0.1, -0.05) is 31.3 Å². The SMILES string of the molecule is CCC1CC(=O)N(Cc2ccc(F)c(C#CCO)c2)C1. The van der Waals surface area contributed by atoms with Crippen molar-refractivity contribution in [1.29, 1.82) is 0 Å². The summed E-state index contributed by atoms with van der Waals surface area (Å²) >= 11 is 0. The van der Waals surface area contributed by atoms with E-state index in [4.69, 9.17) is 5.11 Å². The lowest BCUT2D eigenvalue weighted by molar-refractivity contribution is -0.128. The molecule has 1 amide bonds. The third-order valence-electron chi connectivity index (χ3n) is 3.58. The Morgan fingerprint density at radius 2 is 2.30 bits per heavy atom. The van der Waals surface area contributed by atoms with Crippen molar-refractivity contribution >= 4 is 5.91 Å². The van der Waals surface area contributed by atoms with Crippen LogP contribution in [0.3, 0.4) is 0 Å². The van der Waals surface area contributed by atoms with Crippen molar-refractivity contribution in [2.45, 2.75) is 26.3 Å². The minimum Gasteiger partial charge on any atom is -0.384 e. The van der Waals surface area contributed by atoms with Gasteiger partial charge in [-0.3, -0.25) is 4.79 Å². The molecule has 1 N–H and O–H groups in total. The highest BCUT2D eigenvalue weighted by Gasteiger charge is 2.28. The molecule has 1 atom stereocenters. The highest BCUT2D eigenvalue weighted by atomic mass is 19.1. The summed E-state index contributed by atoms with van der Waals surface area (Å²) in [4.78, 5) is 13.7. The molecule has 1 aliphatic heterocycles. The molecule has 1 aromatic rings. The van der Waals surface area contributed by atoms with E-state index in [0.29, 0.717) is 18.9 Å². The maximum atomic E-state index is 13.5. The van der Waals surface area contributed by atoms with Crippen LogP contribution in [-0.4, -0.2) is 29.1 Å². The monoisotopic (exact) mass is 275 g/mol. The quantitative estimate of drug-likeness (QED) is 0.856. The molecule has 0 radical (unpaired) electrons. The molecule has 106 valence electrons. The molecule has 1 aliphatic rings. The zero-order valence-corrected chi connectivity index (χ0v) is 11.5. The van der Waals surface area contributed by atoms with Crippen LogP contribution < -0.4 is 0 Å². The Balaban J connectivity index is 2.12. The first-order chi connectivity index (χ1) is 9.63. The number of carbonyl (C=O) groups excluding carboxylic acids is 1. The average Bonchev–Trinajstić information content (AvgIpc) is 2.80. The van der Waals surface area contributed by atoms with Crippen LogP contribution in [0.25, 0.3) is 0 Å². The van der Waals surface area contributed by atoms with Crippen LogP contribution in [0.5, 0.6) is 0 Å². The second-order valence-corrected chi connectivity index (χ2v) is 5.03. The fourth-order valence-electron chi connectivity index (χ4n) is 2.40. The Kier molecular flexibility index (Phi) is 4.75. The Morgan fingerprint density at radius 3 is 2.95 bits per heavy atom. The molecule has 1 saturated heterocycles. The summed E-state index contributed by atoms with van der Waals surface area (Å²) in [5, 5.41) is 8.66. The third-order valence-corrected chi connectivity index (χ3v) is 3.58. The molecule has 0 spiro atoms. The average molecular weight is 275 g/mol. The van der Waals surface area contributed by atoms with Gasteiger partial charge in [0.15, 0.2) is 0 Å². The number of halogens is 1. The van der Waals surface area contributed by atoms with Gasteiger partial charge in [0.05, 0.1) is 5.56 Å². The van der Waals surface area contributed by atoms with Gasteiger partial charge in [0.1, 0.15) is 12.4 Å². The Labute approximate surface area is 118 Å². The number of rotatable bonds is 3. The molecule has 0 saturated carbocycles. The second kappa shape index (κ2) is 6.53. The van der Waals surface area contributed by atoms with Gasteiger partial charge in [-0.2, -0.15) is 0 Å². The smallest absolute Gasteiger partial charge is 0.223 e. The van der Waals surface area contributed by atoms with Crippen molar-refractivity contribution in [3.63, 3.8) is 0 Å². The summed E-state index contributed by atoms with van der Waals surface area (Å²) in [5.41, 5.74) is 1.12. The first-order valence-corrected chi connectivity index (χ1v) is 6.80. The third kappa shape index (κ3) is 3.37. The van der Waals surface area contributed by atoms with E-state index in [1.807, 2.05) is 4.90 Å². The number of hydrogen-bond donors (Lipinski definition) is 1. The van der Waals surface area contributed by atoms with E-state index in [1.165, 1.54) is 6.07 Å². The standard InChI is InChI=1S/C16H18FNO2/c1-2-12-9-16(20)18(10-12)11-13-5-6-15(17)14(8-13)4-3-7-19/h5-6,8,12,19H,2,7,9-11H2,1H3. The predicted octanol–water partition coefficient (Wildman–Crippen LogP) is 1.93. The molecule has 1 unspecified atom stereocenters. The van der Waals surface area contributed by atoms with Crippen molar-refractivity contribution in [2.24, 2.45) is 5.92 Å². The molecule has 2 rings (SSSR count). The van der Waals surface area contributed by atoms with E-state index in [0.717, 1.165) is 18.5 Å². The fraction of sp³-hybridized carbons (Fsp3) is 0.438. The zero-order chi connectivity index (χ0) is 14.5. The van der Waals surface area contributed by atoms with Crippen LogP contribution in [-0.2, 0) is 11.3 Å². The highest BCUT2D eigenvalue weighted by molar-refractivity contribution is 5.78. The number of aliphatic hydroxyl groups is 1. The van der Waals surface area contributed by atoms with Crippen LogP contribution >= 0.6 is 0 Å². The van der Waals surface area contributed by atoms with Crippen molar-refractivity contribution in [2.75, 3.05) is 13.2 Å². The van der Waals surface area contributed by atoms with Crippen LogP contribution in [0.2, 0.25) is 0 Å². The first kappa shape index (κ1) is 14.5. The number of hydrogen-bond acceptors (Lipinski definition) is 2. The van der Waals surface area contributed by atoms with E-state index in [2.05, 4.69) is 18.8 Å². The maximum Gasteiger partial charge on any atom is 0.223 e. The number of aliphatic hydroxyl groups excluding tert-OH is 1. The minimum absolute atomic E-state index is 0.157. The lowest BCUT2D eigenvalue weighted by Gasteiger charge is -2.16. The molecule has 0 aromatic heterocycles. The van der Waals surface area contributed by atoms with Gasteiger partial charge in [0, 0.05) is 19.5 Å². The van der Waals surface area contributed by atoms with E-state index < -0.39 is 5.82 Å². The minimum atomic E-state index is -0.408. The van der Waals surface area contributed by atoms with Crippen LogP contribution in [0, 0.1) is 23.6 Å². The molecule has 3 nitrogen and oxygen atoms in total. The Bertz CT molecular complexity index is 559. The van der Waals surface area contributed by atoms with Gasteiger partial charge in [-0.15, -0.1) is 0 Å². The van der Waals surface area contributed by atoms with Crippen LogP contribution in [0.4, 0.5) is 4.39 Å². The van der Waals surface area contributed by atoms with Gasteiger partial charge in [0.2, 0.25) is 5.91 Å². The fourth-order valence-corrected chi connectivity index (χ4v) is 2.40. The summed E-state index contributed by atoms with van der Waals surface area (Å²) in [6.45, 7) is 3.04. The van der Waals surface area contributed by atoms with Crippen molar-refractivity contribution < 1.29 is 14.3 Å². The molecule has 1 heterocycles. The normalized spacial score (nSPS) is 18.1. The highest BCUT2D eigenvalue weighted by Crippen LogP contribution is 2.23. The summed E-state index contributed by atoms with van der Waals surface area (Å²) in [6, 6.07) is 4.67. The molecular formula is C16H18FNO2. The molecule has 1 fully saturated rings. The van der Waals surface area contributed by atoms with E-state index in [1.54, 1.807) is 12.1 Å². The molecule has 4 heteroatoms. The van der Waals surface area contributed by atoms with Crippen LogP contribution in [0.1, 0.15) is 30.9 Å². The molecule has 20 heavy (non-hydrogen) atoms. The maximum absolute atomic E-state index is 13.5. The van der Waals surface area contributed by atoms with Crippen molar-refractivity contribution in [3.8, 4) is 11.8 Å². The largest absolute Gasteiger partial charge is 0.384 e. The van der Waals surface area contributed by atoms with Crippen molar-refractivity contribution in [3.05, 3.63) is 35.1 Å². The van der Waals surface area contributed by atoms with E-state index >= 15 is 0 Å². The Morgan fingerprint density at radius 1 is 1.50 bits per heavy atom. The van der Waals surface area contributed by atoms with Gasteiger partial charge in [0.25, 0.3) is 0 Å². The van der Waals surface area contributed by atoms with Gasteiger partial charge < -0.3 is 10.0 Å². The van der Waals surface area contributed by atoms with Crippen LogP contribution in [0.15, 0.2) is 18.2 Å². The molecule has 0 bridgehead atoms. The summed E-state index contributed by atoms with van der Waals surface area (Å²) in [7, 11) is 0. The number of amides is 1. The summed E-state index contributed by atoms with van der Waals surface area (Å²) in [6.07, 6.45) is 1.60. The van der Waals surface area contributed by atoms with Crippen molar-refractivity contribution in [1.82, 2.24) is 4.90 Å². The lowest BCUT2D eigenvalue weighted by Crippen LogP contribution is -2.24. The lowest BCUT2D eigenvalue weighted by atomic mass is 10.1. The summed E-state index contributed by atoms with van der Waals surface area (Å²) < 4.78 is 13.5. The van der Waals surface area contributed by atoms with Gasteiger partial charge >= 0.3 is 0 Å². The van der Waals surface area contributed by atoms with E-state index in [9.17, 15) is 9.18 Å². The summed E-state index contributed by atoms with van der Waals surface area (Å²) in [5.74, 6) is 5.19. The zero-order valence-electron chi connectivity index (χ0n) is 11.5. The molecule has 1 aromatic carbocycles. The molecular weight excluding hydrogens is 257 g/mol. The van der Waals surface area contributed by atoms with Gasteiger partial charge in [-0.25, -0.2) is 4.39 Å². The number of carbonyl (C=O) groups is 1. The number of benzene rings is 1. The predicted molar refractivity (Wildman–Crippen MR) is 74.2 cm³/mol. The van der Waals surface area contributed by atoms with Gasteiger partial charge in [-0.05, 0) is 23.6 Å². The Hall–Kier alpha value is -1.86. The number of nitrogens with zero attached hydrogens (tertiary/aromatic N) is 1. The van der Waals surface area contributed by atoms with E-state index in [-0.39, 0.29) is 18.1 Å². The number of likely N-dealkylation sites (tertiary alicyclic amines) is 1. The topological polar surface area (TPSA) is 40.5 Å². The second-order valence-electron chi connectivity index (χ2n) is 5.03. The molecule has 0 aliphatic carbocycles.